The van der Waals surface area contributed by atoms with Gasteiger partial charge in [0.2, 0.25) is 5.91 Å². The third-order valence-electron chi connectivity index (χ3n) is 3.83. The zero-order valence-corrected chi connectivity index (χ0v) is 12.2. The van der Waals surface area contributed by atoms with Crippen LogP contribution in [0.4, 0.5) is 11.4 Å². The van der Waals surface area contributed by atoms with Gasteiger partial charge in [-0.15, -0.1) is 0 Å². The average Bonchev–Trinajstić information content (AvgIpc) is 2.71. The van der Waals surface area contributed by atoms with Crippen LogP contribution >= 0.6 is 0 Å². The molecule has 2 amide bonds. The van der Waals surface area contributed by atoms with Crippen molar-refractivity contribution in [3.05, 3.63) is 59.1 Å². The number of hydrogen-bond acceptors (Lipinski definition) is 3. The van der Waals surface area contributed by atoms with Crippen LogP contribution in [0, 0.1) is 5.21 Å². The average molecular weight is 297 g/mol. The largest absolute Gasteiger partial charge is 0.619 e. The molecule has 1 aliphatic heterocycles. The highest BCUT2D eigenvalue weighted by atomic mass is 16.5. The van der Waals surface area contributed by atoms with Crippen molar-refractivity contribution in [2.45, 2.75) is 19.3 Å². The van der Waals surface area contributed by atoms with E-state index in [1.54, 1.807) is 18.2 Å². The summed E-state index contributed by atoms with van der Waals surface area (Å²) in [6, 6.07) is 8.17. The van der Waals surface area contributed by atoms with Gasteiger partial charge >= 0.3 is 0 Å². The topological polar surface area (TPSA) is 85.1 Å². The molecule has 1 aliphatic rings. The van der Waals surface area contributed by atoms with Gasteiger partial charge in [-0.25, -0.2) is 0 Å². The third kappa shape index (κ3) is 2.28. The Labute approximate surface area is 127 Å². The van der Waals surface area contributed by atoms with Crippen molar-refractivity contribution < 1.29 is 14.3 Å². The smallest absolute Gasteiger partial charge is 0.255 e. The van der Waals surface area contributed by atoms with Crippen LogP contribution in [0.2, 0.25) is 0 Å². The summed E-state index contributed by atoms with van der Waals surface area (Å²) in [4.78, 5) is 24.1. The molecule has 2 N–H and O–H groups in total. The highest BCUT2D eigenvalue weighted by Crippen LogP contribution is 2.37. The van der Waals surface area contributed by atoms with Crippen LogP contribution < -0.4 is 15.4 Å². The Balaban J connectivity index is 1.85. The van der Waals surface area contributed by atoms with Crippen molar-refractivity contribution in [1.29, 1.82) is 0 Å². The lowest BCUT2D eigenvalue weighted by molar-refractivity contribution is -0.605. The first kappa shape index (κ1) is 14.1. The van der Waals surface area contributed by atoms with E-state index in [4.69, 9.17) is 0 Å². The third-order valence-corrected chi connectivity index (χ3v) is 3.83. The normalized spacial score (nSPS) is 15.1. The molecule has 0 fully saturated rings. The molecule has 1 aromatic carbocycles. The van der Waals surface area contributed by atoms with Crippen molar-refractivity contribution in [3.63, 3.8) is 0 Å². The number of fused-ring (bicyclic) bond motifs is 1. The van der Waals surface area contributed by atoms with Gasteiger partial charge in [0, 0.05) is 23.4 Å². The molecule has 2 aromatic rings. The quantitative estimate of drug-likeness (QED) is 0.654. The van der Waals surface area contributed by atoms with Crippen LogP contribution in [-0.2, 0) is 10.2 Å². The molecule has 0 spiro atoms. The molecule has 1 aromatic heterocycles. The molecule has 6 heteroatoms. The SMILES string of the molecule is CC1(C)C(=O)Nc2cc(C(=O)Nc3cc[n+]([O-])cc3)ccc21. The Morgan fingerprint density at radius 1 is 1.23 bits per heavy atom. The van der Waals surface area contributed by atoms with Crippen molar-refractivity contribution in [2.24, 2.45) is 0 Å². The predicted octanol–water partition coefficient (Wildman–Crippen LogP) is 1.80. The first-order chi connectivity index (χ1) is 10.4. The van der Waals surface area contributed by atoms with E-state index < -0.39 is 5.41 Å². The van der Waals surface area contributed by atoms with E-state index in [-0.39, 0.29) is 11.8 Å². The highest BCUT2D eigenvalue weighted by molar-refractivity contribution is 6.09. The van der Waals surface area contributed by atoms with Crippen molar-refractivity contribution in [1.82, 2.24) is 0 Å². The fourth-order valence-corrected chi connectivity index (χ4v) is 2.43. The highest BCUT2D eigenvalue weighted by Gasteiger charge is 2.38. The lowest BCUT2D eigenvalue weighted by atomic mass is 9.86. The summed E-state index contributed by atoms with van der Waals surface area (Å²) < 4.78 is 0.642. The summed E-state index contributed by atoms with van der Waals surface area (Å²) in [6.07, 6.45) is 2.61. The van der Waals surface area contributed by atoms with Crippen LogP contribution in [0.15, 0.2) is 42.7 Å². The van der Waals surface area contributed by atoms with E-state index in [1.165, 1.54) is 24.5 Å². The summed E-state index contributed by atoms with van der Waals surface area (Å²) in [5, 5.41) is 16.5. The predicted molar refractivity (Wildman–Crippen MR) is 81.5 cm³/mol. The number of aromatic nitrogens is 1. The summed E-state index contributed by atoms with van der Waals surface area (Å²) in [5.74, 6) is -0.381. The maximum absolute atomic E-state index is 12.2. The maximum atomic E-state index is 12.2. The molecule has 3 rings (SSSR count). The summed E-state index contributed by atoms with van der Waals surface area (Å²) >= 11 is 0. The van der Waals surface area contributed by atoms with Gasteiger partial charge in [-0.05, 0) is 31.5 Å². The molecule has 2 heterocycles. The second-order valence-corrected chi connectivity index (χ2v) is 5.74. The zero-order chi connectivity index (χ0) is 15.9. The van der Waals surface area contributed by atoms with Gasteiger partial charge in [0.25, 0.3) is 5.91 Å². The number of anilines is 2. The number of pyridine rings is 1. The van der Waals surface area contributed by atoms with Gasteiger partial charge in [0.05, 0.1) is 11.1 Å². The van der Waals surface area contributed by atoms with E-state index in [2.05, 4.69) is 10.6 Å². The zero-order valence-electron chi connectivity index (χ0n) is 12.2. The van der Waals surface area contributed by atoms with Gasteiger partial charge in [-0.1, -0.05) is 6.07 Å². The summed E-state index contributed by atoms with van der Waals surface area (Å²) in [7, 11) is 0. The van der Waals surface area contributed by atoms with Gasteiger partial charge < -0.3 is 15.8 Å². The number of nitrogens with one attached hydrogen (secondary N) is 2. The van der Waals surface area contributed by atoms with Crippen molar-refractivity contribution >= 4 is 23.2 Å². The molecule has 112 valence electrons. The standard InChI is InChI=1S/C16H15N3O3/c1-16(2)12-4-3-10(9-13(12)18-15(16)21)14(20)17-11-5-7-19(22)8-6-11/h3-9H,1-2H3,(H,17,20)(H,18,21). The monoisotopic (exact) mass is 297 g/mol. The number of amides is 2. The Bertz CT molecular complexity index is 767. The minimum atomic E-state index is -0.592. The first-order valence-corrected chi connectivity index (χ1v) is 6.84. The Morgan fingerprint density at radius 3 is 2.59 bits per heavy atom. The second kappa shape index (κ2) is 4.84. The number of benzene rings is 1. The van der Waals surface area contributed by atoms with Crippen LogP contribution in [0.5, 0.6) is 0 Å². The molecule has 0 radical (unpaired) electrons. The molecule has 6 nitrogen and oxygen atoms in total. The number of nitrogens with zero attached hydrogens (tertiary/aromatic N) is 1. The number of rotatable bonds is 2. The molecule has 0 saturated heterocycles. The molecule has 22 heavy (non-hydrogen) atoms. The Morgan fingerprint density at radius 2 is 1.91 bits per heavy atom. The van der Waals surface area contributed by atoms with Gasteiger partial charge in [0.1, 0.15) is 0 Å². The van der Waals surface area contributed by atoms with Gasteiger partial charge in [0.15, 0.2) is 12.4 Å². The van der Waals surface area contributed by atoms with Crippen LogP contribution in [0.25, 0.3) is 0 Å². The molecular formula is C16H15N3O3. The van der Waals surface area contributed by atoms with E-state index >= 15 is 0 Å². The summed E-state index contributed by atoms with van der Waals surface area (Å²) in [6.45, 7) is 3.69. The van der Waals surface area contributed by atoms with E-state index in [0.717, 1.165) is 5.56 Å². The van der Waals surface area contributed by atoms with Gasteiger partial charge in [-0.3, -0.25) is 9.59 Å². The van der Waals surface area contributed by atoms with Crippen molar-refractivity contribution in [3.8, 4) is 0 Å². The maximum Gasteiger partial charge on any atom is 0.255 e. The minimum Gasteiger partial charge on any atom is -0.619 e. The molecule has 0 aliphatic carbocycles. The molecule has 0 atom stereocenters. The molecule has 0 unspecified atom stereocenters. The number of carbonyl (C=O) groups is 2. The first-order valence-electron chi connectivity index (χ1n) is 6.84. The van der Waals surface area contributed by atoms with Crippen LogP contribution in [0.3, 0.4) is 0 Å². The molecular weight excluding hydrogens is 282 g/mol. The molecule has 0 bridgehead atoms. The Kier molecular flexibility index (Phi) is 3.09. The lowest BCUT2D eigenvalue weighted by Gasteiger charge is -2.14. The number of hydrogen-bond donors (Lipinski definition) is 2. The summed E-state index contributed by atoms with van der Waals surface area (Å²) in [5.41, 5.74) is 1.91. The van der Waals surface area contributed by atoms with Gasteiger partial charge in [-0.2, -0.15) is 4.73 Å². The van der Waals surface area contributed by atoms with E-state index in [0.29, 0.717) is 21.7 Å². The second-order valence-electron chi connectivity index (χ2n) is 5.74. The molecule has 0 saturated carbocycles. The van der Waals surface area contributed by atoms with E-state index in [1.807, 2.05) is 13.8 Å². The fraction of sp³-hybridized carbons (Fsp3) is 0.188. The Hall–Kier alpha value is -2.89. The lowest BCUT2D eigenvalue weighted by Crippen LogP contribution is -2.26. The number of carbonyl (C=O) groups excluding carboxylic acids is 2. The van der Waals surface area contributed by atoms with Crippen LogP contribution in [0.1, 0.15) is 29.8 Å². The van der Waals surface area contributed by atoms with Crippen molar-refractivity contribution in [2.75, 3.05) is 10.6 Å². The fourth-order valence-electron chi connectivity index (χ4n) is 2.43. The van der Waals surface area contributed by atoms with E-state index in [9.17, 15) is 14.8 Å². The van der Waals surface area contributed by atoms with Crippen LogP contribution in [-0.4, -0.2) is 11.8 Å². The minimum absolute atomic E-state index is 0.0804.